The Morgan fingerprint density at radius 2 is 2.00 bits per heavy atom. The summed E-state index contributed by atoms with van der Waals surface area (Å²) >= 11 is 0. The van der Waals surface area contributed by atoms with Crippen molar-refractivity contribution in [1.29, 1.82) is 0 Å². The average molecular weight is 293 g/mol. The number of benzene rings is 1. The zero-order valence-corrected chi connectivity index (χ0v) is 13.9. The van der Waals surface area contributed by atoms with Gasteiger partial charge in [-0.2, -0.15) is 0 Å². The largest absolute Gasteiger partial charge is 0.493 e. The standard InChI is InChI=1S/C17H27NO3/c1-12(2)18-17(5,16(19)20-6)10-11-21-15-9-7-8-13(3)14(15)4/h7-9,12,18H,10-11H2,1-6H3. The van der Waals surface area contributed by atoms with Crippen LogP contribution in [-0.4, -0.2) is 31.3 Å². The topological polar surface area (TPSA) is 47.6 Å². The van der Waals surface area contributed by atoms with E-state index in [1.807, 2.05) is 39.8 Å². The Kier molecular flexibility index (Phi) is 6.21. The van der Waals surface area contributed by atoms with Gasteiger partial charge in [0.25, 0.3) is 0 Å². The van der Waals surface area contributed by atoms with Crippen molar-refractivity contribution in [3.8, 4) is 5.75 Å². The summed E-state index contributed by atoms with van der Waals surface area (Å²) in [5, 5.41) is 3.26. The van der Waals surface area contributed by atoms with E-state index in [1.54, 1.807) is 0 Å². The van der Waals surface area contributed by atoms with Crippen molar-refractivity contribution in [2.75, 3.05) is 13.7 Å². The number of hydrogen-bond acceptors (Lipinski definition) is 4. The fraction of sp³-hybridized carbons (Fsp3) is 0.588. The maximum atomic E-state index is 12.0. The van der Waals surface area contributed by atoms with Crippen molar-refractivity contribution >= 4 is 5.97 Å². The van der Waals surface area contributed by atoms with Crippen LogP contribution in [0.1, 0.15) is 38.3 Å². The van der Waals surface area contributed by atoms with Crippen LogP contribution >= 0.6 is 0 Å². The van der Waals surface area contributed by atoms with Crippen molar-refractivity contribution in [1.82, 2.24) is 5.32 Å². The van der Waals surface area contributed by atoms with Crippen LogP contribution in [0.3, 0.4) is 0 Å². The van der Waals surface area contributed by atoms with Gasteiger partial charge < -0.3 is 9.47 Å². The van der Waals surface area contributed by atoms with Gasteiger partial charge in [-0.25, -0.2) is 0 Å². The molecule has 1 rings (SSSR count). The van der Waals surface area contributed by atoms with Gasteiger partial charge in [0.05, 0.1) is 13.7 Å². The molecule has 0 heterocycles. The normalized spacial score (nSPS) is 13.9. The second kappa shape index (κ2) is 7.46. The Morgan fingerprint density at radius 3 is 2.57 bits per heavy atom. The predicted octanol–water partition coefficient (Wildman–Crippen LogP) is 3.00. The molecule has 1 atom stereocenters. The van der Waals surface area contributed by atoms with Crippen molar-refractivity contribution in [3.63, 3.8) is 0 Å². The number of hydrogen-bond donors (Lipinski definition) is 1. The monoisotopic (exact) mass is 293 g/mol. The number of ether oxygens (including phenoxy) is 2. The smallest absolute Gasteiger partial charge is 0.325 e. The Labute approximate surface area is 127 Å². The number of methoxy groups -OCH3 is 1. The molecule has 21 heavy (non-hydrogen) atoms. The predicted molar refractivity (Wildman–Crippen MR) is 84.7 cm³/mol. The summed E-state index contributed by atoms with van der Waals surface area (Å²) in [7, 11) is 1.41. The molecule has 0 radical (unpaired) electrons. The molecule has 0 fully saturated rings. The number of rotatable bonds is 7. The number of carbonyl (C=O) groups is 1. The van der Waals surface area contributed by atoms with Crippen molar-refractivity contribution in [3.05, 3.63) is 29.3 Å². The van der Waals surface area contributed by atoms with Gasteiger partial charge >= 0.3 is 5.97 Å². The van der Waals surface area contributed by atoms with E-state index in [0.717, 1.165) is 11.3 Å². The number of esters is 1. The number of nitrogens with one attached hydrogen (secondary N) is 1. The lowest BCUT2D eigenvalue weighted by molar-refractivity contribution is -0.148. The Morgan fingerprint density at radius 1 is 1.33 bits per heavy atom. The molecular weight excluding hydrogens is 266 g/mol. The van der Waals surface area contributed by atoms with Gasteiger partial charge in [0.1, 0.15) is 11.3 Å². The minimum atomic E-state index is -0.735. The molecule has 1 N–H and O–H groups in total. The quantitative estimate of drug-likeness (QED) is 0.785. The summed E-state index contributed by atoms with van der Waals surface area (Å²) in [4.78, 5) is 12.0. The second-order valence-corrected chi connectivity index (χ2v) is 5.92. The molecule has 0 saturated heterocycles. The lowest BCUT2D eigenvalue weighted by atomic mass is 9.97. The Balaban J connectivity index is 2.69. The summed E-state index contributed by atoms with van der Waals surface area (Å²) in [5.74, 6) is 0.604. The third kappa shape index (κ3) is 4.74. The molecule has 0 bridgehead atoms. The van der Waals surface area contributed by atoms with Crippen molar-refractivity contribution < 1.29 is 14.3 Å². The van der Waals surface area contributed by atoms with E-state index in [-0.39, 0.29) is 12.0 Å². The molecule has 1 aromatic carbocycles. The van der Waals surface area contributed by atoms with Crippen LogP contribution in [0.4, 0.5) is 0 Å². The van der Waals surface area contributed by atoms with Gasteiger partial charge in [0, 0.05) is 12.5 Å². The van der Waals surface area contributed by atoms with Crippen LogP contribution < -0.4 is 10.1 Å². The molecule has 0 aliphatic rings. The molecule has 0 aromatic heterocycles. The molecule has 0 spiro atoms. The minimum absolute atomic E-state index is 0.190. The highest BCUT2D eigenvalue weighted by molar-refractivity contribution is 5.80. The van der Waals surface area contributed by atoms with Crippen LogP contribution in [0, 0.1) is 13.8 Å². The highest BCUT2D eigenvalue weighted by Gasteiger charge is 2.34. The van der Waals surface area contributed by atoms with E-state index in [1.165, 1.54) is 12.7 Å². The van der Waals surface area contributed by atoms with Gasteiger partial charge in [-0.05, 0) is 51.8 Å². The van der Waals surface area contributed by atoms with Crippen LogP contribution in [0.2, 0.25) is 0 Å². The maximum absolute atomic E-state index is 12.0. The van der Waals surface area contributed by atoms with Crippen LogP contribution in [-0.2, 0) is 9.53 Å². The molecule has 4 heteroatoms. The molecule has 4 nitrogen and oxygen atoms in total. The molecule has 1 unspecified atom stereocenters. The van der Waals surface area contributed by atoms with Crippen LogP contribution in [0.15, 0.2) is 18.2 Å². The fourth-order valence-electron chi connectivity index (χ4n) is 2.34. The zero-order chi connectivity index (χ0) is 16.0. The third-order valence-corrected chi connectivity index (χ3v) is 3.66. The Bertz CT molecular complexity index is 485. The van der Waals surface area contributed by atoms with Gasteiger partial charge in [-0.1, -0.05) is 12.1 Å². The zero-order valence-electron chi connectivity index (χ0n) is 13.9. The molecule has 0 aliphatic heterocycles. The first kappa shape index (κ1) is 17.5. The lowest BCUT2D eigenvalue weighted by Crippen LogP contribution is -2.53. The summed E-state index contributed by atoms with van der Waals surface area (Å²) in [5.41, 5.74) is 1.60. The first-order valence-electron chi connectivity index (χ1n) is 7.35. The van der Waals surface area contributed by atoms with E-state index in [4.69, 9.17) is 9.47 Å². The molecule has 1 aromatic rings. The van der Waals surface area contributed by atoms with Crippen LogP contribution in [0.5, 0.6) is 5.75 Å². The fourth-order valence-corrected chi connectivity index (χ4v) is 2.34. The highest BCUT2D eigenvalue weighted by Crippen LogP contribution is 2.22. The van der Waals surface area contributed by atoms with Crippen LogP contribution in [0.25, 0.3) is 0 Å². The first-order chi connectivity index (χ1) is 9.80. The highest BCUT2D eigenvalue weighted by atomic mass is 16.5. The summed E-state index contributed by atoms with van der Waals surface area (Å²) in [6, 6.07) is 6.17. The van der Waals surface area contributed by atoms with E-state index in [0.29, 0.717) is 13.0 Å². The molecule has 118 valence electrons. The van der Waals surface area contributed by atoms with Gasteiger partial charge in [0.15, 0.2) is 0 Å². The molecule has 0 saturated carbocycles. The summed E-state index contributed by atoms with van der Waals surface area (Å²) in [6.45, 7) is 10.4. The van der Waals surface area contributed by atoms with Gasteiger partial charge in [-0.3, -0.25) is 10.1 Å². The molecular formula is C17H27NO3. The first-order valence-corrected chi connectivity index (χ1v) is 7.35. The minimum Gasteiger partial charge on any atom is -0.493 e. The maximum Gasteiger partial charge on any atom is 0.325 e. The van der Waals surface area contributed by atoms with Gasteiger partial charge in [-0.15, -0.1) is 0 Å². The third-order valence-electron chi connectivity index (χ3n) is 3.66. The lowest BCUT2D eigenvalue weighted by Gasteiger charge is -2.30. The number of carbonyl (C=O) groups excluding carboxylic acids is 1. The SMILES string of the molecule is COC(=O)C(C)(CCOc1cccc(C)c1C)NC(C)C. The van der Waals surface area contributed by atoms with Crippen molar-refractivity contribution in [2.45, 2.75) is 52.6 Å². The van der Waals surface area contributed by atoms with Crippen molar-refractivity contribution in [2.24, 2.45) is 0 Å². The van der Waals surface area contributed by atoms with E-state index < -0.39 is 5.54 Å². The van der Waals surface area contributed by atoms with E-state index in [2.05, 4.69) is 18.3 Å². The number of aryl methyl sites for hydroxylation is 1. The summed E-state index contributed by atoms with van der Waals surface area (Å²) in [6.07, 6.45) is 0.547. The Hall–Kier alpha value is -1.55. The van der Waals surface area contributed by atoms with Gasteiger partial charge in [0.2, 0.25) is 0 Å². The summed E-state index contributed by atoms with van der Waals surface area (Å²) < 4.78 is 10.7. The molecule has 0 amide bonds. The van der Waals surface area contributed by atoms with E-state index >= 15 is 0 Å². The second-order valence-electron chi connectivity index (χ2n) is 5.92. The van der Waals surface area contributed by atoms with E-state index in [9.17, 15) is 4.79 Å². The average Bonchev–Trinajstić information content (AvgIpc) is 2.41. The molecule has 0 aliphatic carbocycles.